The molecule has 0 fully saturated rings. The molecule has 0 aliphatic carbocycles. The lowest BCUT2D eigenvalue weighted by Gasteiger charge is -2.03. The van der Waals surface area contributed by atoms with E-state index < -0.39 is 0 Å². The Hall–Kier alpha value is -1.64. The summed E-state index contributed by atoms with van der Waals surface area (Å²) in [5.41, 5.74) is 12.2. The number of rotatable bonds is 1. The highest BCUT2D eigenvalue weighted by molar-refractivity contribution is 5.71. The van der Waals surface area contributed by atoms with Crippen molar-refractivity contribution in [2.24, 2.45) is 0 Å². The molecule has 1 aromatic carbocycles. The maximum atomic E-state index is 9.14. The molecule has 0 spiro atoms. The lowest BCUT2D eigenvalue weighted by molar-refractivity contribution is 0.480. The zero-order chi connectivity index (χ0) is 8.43. The minimum atomic E-state index is -0.0596. The first-order valence-electron chi connectivity index (χ1n) is 3.15. The predicted octanol–water partition coefficient (Wildman–Crippen LogP) is 1.20. The van der Waals surface area contributed by atoms with Gasteiger partial charge in [-0.25, -0.2) is 0 Å². The minimum Gasteiger partial charge on any atom is -0.504 e. The van der Waals surface area contributed by atoms with Crippen molar-refractivity contribution in [1.82, 2.24) is 0 Å². The van der Waals surface area contributed by atoms with Crippen LogP contribution in [0.3, 0.4) is 0 Å². The summed E-state index contributed by atoms with van der Waals surface area (Å²) in [4.78, 5) is 0. The van der Waals surface area contributed by atoms with Crippen molar-refractivity contribution in [1.29, 1.82) is 0 Å². The normalized spacial score (nSPS) is 9.45. The van der Waals surface area contributed by atoms with Gasteiger partial charge in [0.15, 0.2) is 5.75 Å². The van der Waals surface area contributed by atoms with Gasteiger partial charge in [0.05, 0.1) is 11.4 Å². The third-order valence-corrected chi connectivity index (χ3v) is 1.43. The van der Waals surface area contributed by atoms with Crippen molar-refractivity contribution in [2.45, 2.75) is 0 Å². The zero-order valence-corrected chi connectivity index (χ0v) is 6.04. The number of benzene rings is 1. The van der Waals surface area contributed by atoms with E-state index in [-0.39, 0.29) is 17.1 Å². The number of phenols is 1. The van der Waals surface area contributed by atoms with E-state index in [1.54, 1.807) is 18.2 Å². The van der Waals surface area contributed by atoms with Crippen LogP contribution in [-0.4, -0.2) is 5.11 Å². The SMILES string of the molecule is C=Cc1cc(N)c(O)c(N)c1. The molecule has 1 aromatic rings. The second kappa shape index (κ2) is 2.54. The molecule has 0 amide bonds. The molecule has 5 N–H and O–H groups in total. The molecule has 0 heterocycles. The fraction of sp³-hybridized carbons (Fsp3) is 0. The molecule has 0 atom stereocenters. The van der Waals surface area contributed by atoms with Gasteiger partial charge in [-0.1, -0.05) is 12.7 Å². The summed E-state index contributed by atoms with van der Waals surface area (Å²) >= 11 is 0. The molecule has 0 unspecified atom stereocenters. The molecule has 0 aromatic heterocycles. The predicted molar refractivity (Wildman–Crippen MR) is 47.0 cm³/mol. The third kappa shape index (κ3) is 1.26. The number of phenolic OH excluding ortho intramolecular Hbond substituents is 1. The molecule has 58 valence electrons. The summed E-state index contributed by atoms with van der Waals surface area (Å²) in [7, 11) is 0. The van der Waals surface area contributed by atoms with Crippen LogP contribution in [0, 0.1) is 0 Å². The first kappa shape index (κ1) is 7.47. The highest BCUT2D eigenvalue weighted by Gasteiger charge is 2.01. The second-order valence-corrected chi connectivity index (χ2v) is 2.25. The van der Waals surface area contributed by atoms with Crippen LogP contribution in [0.2, 0.25) is 0 Å². The molecule has 0 radical (unpaired) electrons. The van der Waals surface area contributed by atoms with Gasteiger partial charge >= 0.3 is 0 Å². The Morgan fingerprint density at radius 1 is 1.27 bits per heavy atom. The Kier molecular flexibility index (Phi) is 1.72. The van der Waals surface area contributed by atoms with Gasteiger partial charge in [0, 0.05) is 0 Å². The van der Waals surface area contributed by atoms with Crippen LogP contribution in [0.1, 0.15) is 5.56 Å². The number of aromatic hydroxyl groups is 1. The molecule has 0 aliphatic heterocycles. The topological polar surface area (TPSA) is 72.3 Å². The van der Waals surface area contributed by atoms with Crippen molar-refractivity contribution in [3.8, 4) is 5.75 Å². The Morgan fingerprint density at radius 2 is 1.73 bits per heavy atom. The standard InChI is InChI=1S/C8H10N2O/c1-2-5-3-6(9)8(11)7(10)4-5/h2-4,11H,1,9-10H2. The minimum absolute atomic E-state index is 0.0596. The Bertz CT molecular complexity index is 271. The van der Waals surface area contributed by atoms with Crippen molar-refractivity contribution in [2.75, 3.05) is 11.5 Å². The summed E-state index contributed by atoms with van der Waals surface area (Å²) in [6, 6.07) is 3.22. The zero-order valence-electron chi connectivity index (χ0n) is 6.04. The Labute approximate surface area is 64.9 Å². The van der Waals surface area contributed by atoms with Gasteiger partial charge in [-0.05, 0) is 17.7 Å². The summed E-state index contributed by atoms with van der Waals surface area (Å²) in [5, 5.41) is 9.14. The summed E-state index contributed by atoms with van der Waals surface area (Å²) in [6.07, 6.45) is 1.62. The Morgan fingerprint density at radius 3 is 2.09 bits per heavy atom. The van der Waals surface area contributed by atoms with Gasteiger partial charge in [-0.3, -0.25) is 0 Å². The highest BCUT2D eigenvalue weighted by atomic mass is 16.3. The first-order valence-corrected chi connectivity index (χ1v) is 3.15. The summed E-state index contributed by atoms with van der Waals surface area (Å²) in [6.45, 7) is 3.55. The number of nitrogen functional groups attached to an aromatic ring is 2. The van der Waals surface area contributed by atoms with Crippen LogP contribution in [0.4, 0.5) is 11.4 Å². The van der Waals surface area contributed by atoms with E-state index in [2.05, 4.69) is 6.58 Å². The molecular formula is C8H10N2O. The molecule has 0 saturated carbocycles. The largest absolute Gasteiger partial charge is 0.504 e. The van der Waals surface area contributed by atoms with Crippen molar-refractivity contribution in [3.63, 3.8) is 0 Å². The van der Waals surface area contributed by atoms with Crippen molar-refractivity contribution >= 4 is 17.5 Å². The second-order valence-electron chi connectivity index (χ2n) is 2.25. The van der Waals surface area contributed by atoms with Gasteiger partial charge in [0.1, 0.15) is 0 Å². The molecular weight excluding hydrogens is 140 g/mol. The van der Waals surface area contributed by atoms with E-state index in [0.29, 0.717) is 0 Å². The van der Waals surface area contributed by atoms with Crippen LogP contribution < -0.4 is 11.5 Å². The Balaban J connectivity index is 3.31. The van der Waals surface area contributed by atoms with Crippen LogP contribution in [0.5, 0.6) is 5.75 Å². The molecule has 0 aliphatic rings. The van der Waals surface area contributed by atoms with Crippen molar-refractivity contribution < 1.29 is 5.11 Å². The molecule has 11 heavy (non-hydrogen) atoms. The van der Waals surface area contributed by atoms with Crippen LogP contribution >= 0.6 is 0 Å². The fourth-order valence-corrected chi connectivity index (χ4v) is 0.822. The number of hydrogen-bond acceptors (Lipinski definition) is 3. The average molecular weight is 150 g/mol. The smallest absolute Gasteiger partial charge is 0.161 e. The van der Waals surface area contributed by atoms with Gasteiger partial charge in [-0.15, -0.1) is 0 Å². The van der Waals surface area contributed by atoms with E-state index in [1.165, 1.54) is 0 Å². The number of hydrogen-bond donors (Lipinski definition) is 3. The number of anilines is 2. The van der Waals surface area contributed by atoms with Gasteiger partial charge in [-0.2, -0.15) is 0 Å². The maximum Gasteiger partial charge on any atom is 0.161 e. The van der Waals surface area contributed by atoms with E-state index in [9.17, 15) is 0 Å². The maximum absolute atomic E-state index is 9.14. The van der Waals surface area contributed by atoms with E-state index in [4.69, 9.17) is 16.6 Å². The molecule has 3 nitrogen and oxygen atoms in total. The fourth-order valence-electron chi connectivity index (χ4n) is 0.822. The van der Waals surface area contributed by atoms with Crippen LogP contribution in [0.25, 0.3) is 6.08 Å². The van der Waals surface area contributed by atoms with E-state index >= 15 is 0 Å². The quantitative estimate of drug-likeness (QED) is 0.416. The van der Waals surface area contributed by atoms with Gasteiger partial charge < -0.3 is 16.6 Å². The molecule has 0 bridgehead atoms. The van der Waals surface area contributed by atoms with E-state index in [1.807, 2.05) is 0 Å². The lowest BCUT2D eigenvalue weighted by Crippen LogP contribution is -1.92. The monoisotopic (exact) mass is 150 g/mol. The first-order chi connectivity index (χ1) is 5.15. The lowest BCUT2D eigenvalue weighted by atomic mass is 10.1. The van der Waals surface area contributed by atoms with Gasteiger partial charge in [0.25, 0.3) is 0 Å². The van der Waals surface area contributed by atoms with E-state index in [0.717, 1.165) is 5.56 Å². The van der Waals surface area contributed by atoms with Crippen LogP contribution in [-0.2, 0) is 0 Å². The molecule has 1 rings (SSSR count). The van der Waals surface area contributed by atoms with Crippen LogP contribution in [0.15, 0.2) is 18.7 Å². The highest BCUT2D eigenvalue weighted by Crippen LogP contribution is 2.28. The summed E-state index contributed by atoms with van der Waals surface area (Å²) in [5.74, 6) is -0.0596. The average Bonchev–Trinajstić information content (AvgIpc) is 1.99. The van der Waals surface area contributed by atoms with Gasteiger partial charge in [0.2, 0.25) is 0 Å². The summed E-state index contributed by atoms with van der Waals surface area (Å²) < 4.78 is 0. The third-order valence-electron chi connectivity index (χ3n) is 1.43. The van der Waals surface area contributed by atoms with Crippen molar-refractivity contribution in [3.05, 3.63) is 24.3 Å². The number of nitrogens with two attached hydrogens (primary N) is 2. The molecule has 0 saturated heterocycles. The molecule has 3 heteroatoms.